The van der Waals surface area contributed by atoms with E-state index in [9.17, 15) is 22.8 Å². The number of rotatable bonds is 5. The molecule has 0 saturated carbocycles. The highest BCUT2D eigenvalue weighted by Gasteiger charge is 2.31. The molecule has 0 unspecified atom stereocenters. The lowest BCUT2D eigenvalue weighted by molar-refractivity contribution is -0.189. The molecule has 88 valence electrons. The lowest BCUT2D eigenvalue weighted by atomic mass is 10.0. The van der Waals surface area contributed by atoms with Crippen LogP contribution in [-0.2, 0) is 14.3 Å². The van der Waals surface area contributed by atoms with Gasteiger partial charge < -0.3 is 9.84 Å². The summed E-state index contributed by atoms with van der Waals surface area (Å²) in [5.41, 5.74) is 0. The van der Waals surface area contributed by atoms with Crippen molar-refractivity contribution in [2.24, 2.45) is 5.92 Å². The Morgan fingerprint density at radius 1 is 1.40 bits per heavy atom. The number of carbonyl (C=O) groups is 2. The molecular formula is C8H11F3O4. The Morgan fingerprint density at radius 2 is 1.93 bits per heavy atom. The van der Waals surface area contributed by atoms with Crippen molar-refractivity contribution >= 4 is 11.9 Å². The number of alkyl halides is 3. The van der Waals surface area contributed by atoms with Crippen molar-refractivity contribution in [2.45, 2.75) is 25.9 Å². The van der Waals surface area contributed by atoms with E-state index in [1.54, 1.807) is 0 Å². The molecule has 4 nitrogen and oxygen atoms in total. The van der Waals surface area contributed by atoms with E-state index in [-0.39, 0.29) is 6.42 Å². The van der Waals surface area contributed by atoms with E-state index in [2.05, 4.69) is 4.74 Å². The van der Waals surface area contributed by atoms with Crippen LogP contribution in [0.1, 0.15) is 19.8 Å². The van der Waals surface area contributed by atoms with Gasteiger partial charge in [0.2, 0.25) is 0 Å². The summed E-state index contributed by atoms with van der Waals surface area (Å²) in [6.07, 6.45) is -4.98. The Hall–Kier alpha value is -1.27. The molecule has 0 radical (unpaired) electrons. The summed E-state index contributed by atoms with van der Waals surface area (Å²) in [6.45, 7) is -0.176. The minimum Gasteiger partial charge on any atom is -0.481 e. The minimum atomic E-state index is -4.59. The number of hydrogen-bond acceptors (Lipinski definition) is 3. The maximum Gasteiger partial charge on any atom is 0.422 e. The van der Waals surface area contributed by atoms with Gasteiger partial charge in [0.15, 0.2) is 6.61 Å². The first kappa shape index (κ1) is 13.7. The number of esters is 1. The quantitative estimate of drug-likeness (QED) is 0.726. The van der Waals surface area contributed by atoms with Crippen LogP contribution in [-0.4, -0.2) is 29.8 Å². The first-order valence-electron chi connectivity index (χ1n) is 4.21. The zero-order valence-corrected chi connectivity index (χ0v) is 8.00. The van der Waals surface area contributed by atoms with Crippen molar-refractivity contribution in [3.63, 3.8) is 0 Å². The summed E-state index contributed by atoms with van der Waals surface area (Å²) >= 11 is 0. The van der Waals surface area contributed by atoms with Crippen LogP contribution >= 0.6 is 0 Å². The van der Waals surface area contributed by atoms with Gasteiger partial charge in [0, 0.05) is 0 Å². The molecule has 15 heavy (non-hydrogen) atoms. The van der Waals surface area contributed by atoms with E-state index < -0.39 is 37.1 Å². The third-order valence-corrected chi connectivity index (χ3v) is 1.63. The van der Waals surface area contributed by atoms with Crippen LogP contribution in [0, 0.1) is 5.92 Å². The average Bonchev–Trinajstić information content (AvgIpc) is 2.08. The molecule has 0 bridgehead atoms. The summed E-state index contributed by atoms with van der Waals surface area (Å²) in [7, 11) is 0. The second-order valence-corrected chi connectivity index (χ2v) is 2.93. The van der Waals surface area contributed by atoms with E-state index in [1.165, 1.54) is 6.92 Å². The van der Waals surface area contributed by atoms with Gasteiger partial charge in [-0.25, -0.2) is 0 Å². The number of carboxylic acids is 1. The number of carboxylic acid groups (broad SMARTS) is 1. The van der Waals surface area contributed by atoms with E-state index in [1.807, 2.05) is 0 Å². The minimum absolute atomic E-state index is 0.128. The highest BCUT2D eigenvalue weighted by atomic mass is 19.4. The second kappa shape index (κ2) is 5.57. The van der Waals surface area contributed by atoms with Gasteiger partial charge in [0.05, 0.1) is 12.3 Å². The molecule has 0 aromatic heterocycles. The number of ether oxygens (including phenoxy) is 1. The Bertz CT molecular complexity index is 237. The van der Waals surface area contributed by atoms with Gasteiger partial charge >= 0.3 is 18.1 Å². The number of aliphatic carboxylic acids is 1. The fraction of sp³-hybridized carbons (Fsp3) is 0.750. The topological polar surface area (TPSA) is 63.6 Å². The van der Waals surface area contributed by atoms with E-state index in [0.717, 1.165) is 0 Å². The molecule has 1 atom stereocenters. The molecule has 1 N–H and O–H groups in total. The maximum atomic E-state index is 11.7. The standard InChI is InChI=1S/C8H11F3O4/c1-2-5(3-6(12)13)7(14)15-4-8(9,10)11/h5H,2-4H2,1H3,(H,12,13)/t5-/m0/s1. The van der Waals surface area contributed by atoms with Gasteiger partial charge in [-0.2, -0.15) is 13.2 Å². The third-order valence-electron chi connectivity index (χ3n) is 1.63. The van der Waals surface area contributed by atoms with Crippen LogP contribution in [0.15, 0.2) is 0 Å². The molecule has 0 rings (SSSR count). The molecule has 7 heteroatoms. The fourth-order valence-electron chi connectivity index (χ4n) is 0.876. The van der Waals surface area contributed by atoms with Crippen molar-refractivity contribution < 1.29 is 32.6 Å². The van der Waals surface area contributed by atoms with Gasteiger partial charge in [-0.05, 0) is 6.42 Å². The Kier molecular flexibility index (Phi) is 5.10. The Morgan fingerprint density at radius 3 is 2.27 bits per heavy atom. The van der Waals surface area contributed by atoms with Crippen LogP contribution in [0.2, 0.25) is 0 Å². The summed E-state index contributed by atoms with van der Waals surface area (Å²) in [5.74, 6) is -3.40. The molecule has 0 aromatic rings. The van der Waals surface area contributed by atoms with Crippen molar-refractivity contribution in [3.05, 3.63) is 0 Å². The molecule has 0 spiro atoms. The van der Waals surface area contributed by atoms with Crippen LogP contribution in [0.25, 0.3) is 0 Å². The van der Waals surface area contributed by atoms with Crippen molar-refractivity contribution in [3.8, 4) is 0 Å². The molecule has 0 amide bonds. The number of hydrogen-bond donors (Lipinski definition) is 1. The van der Waals surface area contributed by atoms with E-state index in [4.69, 9.17) is 5.11 Å². The zero-order valence-electron chi connectivity index (χ0n) is 8.00. The van der Waals surface area contributed by atoms with Gasteiger partial charge in [0.1, 0.15) is 0 Å². The average molecular weight is 228 g/mol. The van der Waals surface area contributed by atoms with Crippen molar-refractivity contribution in [2.75, 3.05) is 6.61 Å². The maximum absolute atomic E-state index is 11.7. The van der Waals surface area contributed by atoms with Gasteiger partial charge in [-0.15, -0.1) is 0 Å². The predicted octanol–water partition coefficient (Wildman–Crippen LogP) is 1.59. The normalized spacial score (nSPS) is 13.3. The highest BCUT2D eigenvalue weighted by Crippen LogP contribution is 2.17. The summed E-state index contributed by atoms with van der Waals surface area (Å²) in [5, 5.41) is 8.36. The van der Waals surface area contributed by atoms with Crippen LogP contribution in [0.3, 0.4) is 0 Å². The first-order chi connectivity index (χ1) is 6.76. The Labute approximate surface area is 84.0 Å². The third kappa shape index (κ3) is 6.75. The number of halogens is 3. The molecule has 0 aromatic carbocycles. The lowest BCUT2D eigenvalue weighted by Gasteiger charge is -2.13. The fourth-order valence-corrected chi connectivity index (χ4v) is 0.876. The van der Waals surface area contributed by atoms with Gasteiger partial charge in [-0.1, -0.05) is 6.92 Å². The molecule has 0 aliphatic heterocycles. The van der Waals surface area contributed by atoms with Gasteiger partial charge in [0.25, 0.3) is 0 Å². The number of carbonyl (C=O) groups excluding carboxylic acids is 1. The van der Waals surface area contributed by atoms with Gasteiger partial charge in [-0.3, -0.25) is 9.59 Å². The molecule has 0 fully saturated rings. The van der Waals surface area contributed by atoms with E-state index in [0.29, 0.717) is 0 Å². The largest absolute Gasteiger partial charge is 0.481 e. The molecule has 0 aliphatic rings. The first-order valence-corrected chi connectivity index (χ1v) is 4.21. The van der Waals surface area contributed by atoms with Crippen LogP contribution in [0.4, 0.5) is 13.2 Å². The highest BCUT2D eigenvalue weighted by molar-refractivity contribution is 5.78. The predicted molar refractivity (Wildman–Crippen MR) is 43.0 cm³/mol. The molecule has 0 saturated heterocycles. The van der Waals surface area contributed by atoms with Crippen molar-refractivity contribution in [1.82, 2.24) is 0 Å². The summed E-state index contributed by atoms with van der Waals surface area (Å²) in [4.78, 5) is 21.2. The molecule has 0 aliphatic carbocycles. The van der Waals surface area contributed by atoms with Crippen LogP contribution < -0.4 is 0 Å². The zero-order chi connectivity index (χ0) is 12.1. The van der Waals surface area contributed by atoms with Crippen molar-refractivity contribution in [1.29, 1.82) is 0 Å². The van der Waals surface area contributed by atoms with Crippen LogP contribution in [0.5, 0.6) is 0 Å². The Balaban J connectivity index is 4.11. The molecular weight excluding hydrogens is 217 g/mol. The lowest BCUT2D eigenvalue weighted by Crippen LogP contribution is -2.26. The molecule has 0 heterocycles. The SMILES string of the molecule is CC[C@@H](CC(=O)O)C(=O)OCC(F)(F)F. The van der Waals surface area contributed by atoms with E-state index >= 15 is 0 Å². The second-order valence-electron chi connectivity index (χ2n) is 2.93. The monoisotopic (exact) mass is 228 g/mol. The summed E-state index contributed by atoms with van der Waals surface area (Å²) < 4.78 is 38.9. The smallest absolute Gasteiger partial charge is 0.422 e. The summed E-state index contributed by atoms with van der Waals surface area (Å²) in [6, 6.07) is 0.